The second kappa shape index (κ2) is 8.88. The van der Waals surface area contributed by atoms with Crippen molar-refractivity contribution in [1.82, 2.24) is 4.98 Å². The number of amides is 1. The Kier molecular flexibility index (Phi) is 6.82. The van der Waals surface area contributed by atoms with Gasteiger partial charge in [0.25, 0.3) is 0 Å². The lowest BCUT2D eigenvalue weighted by atomic mass is 10.0. The second-order valence-corrected chi connectivity index (χ2v) is 6.70. The van der Waals surface area contributed by atoms with Crippen LogP contribution in [0, 0.1) is 5.92 Å². The van der Waals surface area contributed by atoms with Gasteiger partial charge in [-0.2, -0.15) is 13.2 Å². The van der Waals surface area contributed by atoms with E-state index in [1.165, 1.54) is 25.3 Å². The third kappa shape index (κ3) is 6.27. The molecule has 0 radical (unpaired) electrons. The molecular weight excluding hydrogens is 357 g/mol. The smallest absolute Gasteiger partial charge is 0.419 e. The van der Waals surface area contributed by atoms with Gasteiger partial charge >= 0.3 is 6.18 Å². The first-order valence-electron chi connectivity index (χ1n) is 8.75. The summed E-state index contributed by atoms with van der Waals surface area (Å²) in [6.45, 7) is 5.68. The van der Waals surface area contributed by atoms with E-state index >= 15 is 0 Å². The molecule has 0 spiro atoms. The number of ether oxygens (including phenoxy) is 1. The molecule has 1 aromatic heterocycles. The van der Waals surface area contributed by atoms with E-state index in [1.54, 1.807) is 12.1 Å². The quantitative estimate of drug-likeness (QED) is 0.642. The number of carbonyl (C=O) groups is 1. The van der Waals surface area contributed by atoms with Crippen molar-refractivity contribution in [2.24, 2.45) is 5.92 Å². The standard InChI is InChI=1S/C20H23F3N2O2/c1-13(2)5-4-10-27-18-7-6-15(11-17(18)20(21,22)23)16-8-9-24-19(12-16)25-14(3)26/h6-9,11-13H,4-5,10H2,1-3H3,(H,24,25,26). The summed E-state index contributed by atoms with van der Waals surface area (Å²) in [6, 6.07) is 7.08. The zero-order chi connectivity index (χ0) is 20.0. The van der Waals surface area contributed by atoms with Gasteiger partial charge in [0, 0.05) is 13.1 Å². The Bertz CT molecular complexity index is 789. The minimum Gasteiger partial charge on any atom is -0.493 e. The van der Waals surface area contributed by atoms with E-state index in [2.05, 4.69) is 24.1 Å². The summed E-state index contributed by atoms with van der Waals surface area (Å²) in [6.07, 6.45) is -1.51. The lowest BCUT2D eigenvalue weighted by Crippen LogP contribution is -2.10. The molecule has 1 amide bonds. The van der Waals surface area contributed by atoms with Crippen LogP contribution >= 0.6 is 0 Å². The highest BCUT2D eigenvalue weighted by Crippen LogP contribution is 2.39. The zero-order valence-electron chi connectivity index (χ0n) is 15.6. The topological polar surface area (TPSA) is 51.2 Å². The molecule has 0 unspecified atom stereocenters. The maximum Gasteiger partial charge on any atom is 0.419 e. The first-order valence-corrected chi connectivity index (χ1v) is 8.75. The number of nitrogens with zero attached hydrogens (tertiary/aromatic N) is 1. The van der Waals surface area contributed by atoms with E-state index in [0.717, 1.165) is 12.5 Å². The van der Waals surface area contributed by atoms with Crippen molar-refractivity contribution in [3.8, 4) is 16.9 Å². The van der Waals surface area contributed by atoms with Crippen molar-refractivity contribution in [3.05, 3.63) is 42.1 Å². The molecule has 0 aliphatic rings. The fraction of sp³-hybridized carbons (Fsp3) is 0.400. The van der Waals surface area contributed by atoms with Gasteiger partial charge in [0.1, 0.15) is 11.6 Å². The van der Waals surface area contributed by atoms with Crippen LogP contribution in [0.15, 0.2) is 36.5 Å². The zero-order valence-corrected chi connectivity index (χ0v) is 15.6. The largest absolute Gasteiger partial charge is 0.493 e. The normalized spacial score (nSPS) is 11.5. The highest BCUT2D eigenvalue weighted by Gasteiger charge is 2.34. The number of carbonyl (C=O) groups excluding carboxylic acids is 1. The highest BCUT2D eigenvalue weighted by atomic mass is 19.4. The molecule has 0 fully saturated rings. The number of rotatable bonds is 7. The van der Waals surface area contributed by atoms with Gasteiger partial charge in [-0.25, -0.2) is 4.98 Å². The third-order valence-corrected chi connectivity index (χ3v) is 3.87. The van der Waals surface area contributed by atoms with Crippen LogP contribution in [0.5, 0.6) is 5.75 Å². The molecule has 0 saturated heterocycles. The third-order valence-electron chi connectivity index (χ3n) is 3.87. The van der Waals surface area contributed by atoms with Crippen molar-refractivity contribution in [2.75, 3.05) is 11.9 Å². The number of aromatic nitrogens is 1. The second-order valence-electron chi connectivity index (χ2n) is 6.70. The van der Waals surface area contributed by atoms with Crippen LogP contribution < -0.4 is 10.1 Å². The number of halogens is 3. The Morgan fingerprint density at radius 1 is 1.19 bits per heavy atom. The van der Waals surface area contributed by atoms with Crippen molar-refractivity contribution in [3.63, 3.8) is 0 Å². The summed E-state index contributed by atoms with van der Waals surface area (Å²) in [5.74, 6) is 0.275. The minimum atomic E-state index is -4.53. The van der Waals surface area contributed by atoms with Crippen molar-refractivity contribution >= 4 is 11.7 Å². The molecule has 2 rings (SSSR count). The predicted molar refractivity (Wildman–Crippen MR) is 98.5 cm³/mol. The van der Waals surface area contributed by atoms with Gasteiger partial charge < -0.3 is 10.1 Å². The summed E-state index contributed by atoms with van der Waals surface area (Å²) in [5, 5.41) is 2.52. The minimum absolute atomic E-state index is 0.175. The first kappa shape index (κ1) is 20.7. The number of nitrogens with one attached hydrogen (secondary N) is 1. The number of pyridine rings is 1. The molecule has 27 heavy (non-hydrogen) atoms. The SMILES string of the molecule is CC(=O)Nc1cc(-c2ccc(OCCCC(C)C)c(C(F)(F)F)c2)ccn1. The number of benzene rings is 1. The fourth-order valence-electron chi connectivity index (χ4n) is 2.59. The lowest BCUT2D eigenvalue weighted by molar-refractivity contribution is -0.138. The molecule has 0 aliphatic carbocycles. The number of anilines is 1. The maximum absolute atomic E-state index is 13.5. The van der Waals surface area contributed by atoms with Crippen LogP contribution in [0.1, 0.15) is 39.2 Å². The van der Waals surface area contributed by atoms with Gasteiger partial charge in [-0.1, -0.05) is 19.9 Å². The molecule has 0 atom stereocenters. The van der Waals surface area contributed by atoms with E-state index < -0.39 is 11.7 Å². The monoisotopic (exact) mass is 380 g/mol. The number of hydrogen-bond donors (Lipinski definition) is 1. The molecule has 146 valence electrons. The fourth-order valence-corrected chi connectivity index (χ4v) is 2.59. The maximum atomic E-state index is 13.5. The summed E-state index contributed by atoms with van der Waals surface area (Å²) < 4.78 is 45.8. The summed E-state index contributed by atoms with van der Waals surface area (Å²) in [7, 11) is 0. The van der Waals surface area contributed by atoms with Crippen LogP contribution in [0.2, 0.25) is 0 Å². The Morgan fingerprint density at radius 2 is 1.89 bits per heavy atom. The molecule has 0 aliphatic heterocycles. The van der Waals surface area contributed by atoms with Crippen LogP contribution in [0.25, 0.3) is 11.1 Å². The molecule has 7 heteroatoms. The van der Waals surface area contributed by atoms with Crippen molar-refractivity contribution in [2.45, 2.75) is 39.8 Å². The Morgan fingerprint density at radius 3 is 2.52 bits per heavy atom. The van der Waals surface area contributed by atoms with Gasteiger partial charge in [-0.05, 0) is 54.2 Å². The van der Waals surface area contributed by atoms with Crippen LogP contribution in [-0.4, -0.2) is 17.5 Å². The molecule has 0 saturated carbocycles. The van der Waals surface area contributed by atoms with Crippen LogP contribution in [0.4, 0.5) is 19.0 Å². The number of hydrogen-bond acceptors (Lipinski definition) is 3. The van der Waals surface area contributed by atoms with Gasteiger partial charge in [-0.3, -0.25) is 4.79 Å². The molecule has 4 nitrogen and oxygen atoms in total. The number of alkyl halides is 3. The summed E-state index contributed by atoms with van der Waals surface area (Å²) in [5.41, 5.74) is 0.0684. The van der Waals surface area contributed by atoms with E-state index in [9.17, 15) is 18.0 Å². The predicted octanol–water partition coefficient (Wildman–Crippen LogP) is 5.54. The molecule has 1 aromatic carbocycles. The lowest BCUT2D eigenvalue weighted by Gasteiger charge is -2.16. The molecule has 0 bridgehead atoms. The van der Waals surface area contributed by atoms with Gasteiger partial charge in [0.2, 0.25) is 5.91 Å². The van der Waals surface area contributed by atoms with E-state index in [4.69, 9.17) is 4.74 Å². The Labute approximate surface area is 156 Å². The van der Waals surface area contributed by atoms with Crippen molar-refractivity contribution in [1.29, 1.82) is 0 Å². The van der Waals surface area contributed by atoms with E-state index in [-0.39, 0.29) is 24.1 Å². The van der Waals surface area contributed by atoms with Gasteiger partial charge in [-0.15, -0.1) is 0 Å². The van der Waals surface area contributed by atoms with Crippen LogP contribution in [-0.2, 0) is 11.0 Å². The van der Waals surface area contributed by atoms with Crippen LogP contribution in [0.3, 0.4) is 0 Å². The van der Waals surface area contributed by atoms with Crippen molar-refractivity contribution < 1.29 is 22.7 Å². The molecule has 1 heterocycles. The average Bonchev–Trinajstić information content (AvgIpc) is 2.57. The van der Waals surface area contributed by atoms with E-state index in [1.807, 2.05) is 0 Å². The van der Waals surface area contributed by atoms with E-state index in [0.29, 0.717) is 23.5 Å². The summed E-state index contributed by atoms with van der Waals surface area (Å²) >= 11 is 0. The van der Waals surface area contributed by atoms with Gasteiger partial charge in [0.15, 0.2) is 0 Å². The van der Waals surface area contributed by atoms with Gasteiger partial charge in [0.05, 0.1) is 12.2 Å². The molecule has 1 N–H and O–H groups in total. The molecular formula is C20H23F3N2O2. The summed E-state index contributed by atoms with van der Waals surface area (Å²) in [4.78, 5) is 15.1. The first-order chi connectivity index (χ1) is 12.7. The Balaban J connectivity index is 2.28. The average molecular weight is 380 g/mol. The molecule has 2 aromatic rings. The Hall–Kier alpha value is -2.57. The highest BCUT2D eigenvalue weighted by molar-refractivity contribution is 5.88.